The molecule has 0 spiro atoms. The molecule has 0 amide bonds. The molecule has 0 radical (unpaired) electrons. The Labute approximate surface area is 122 Å². The first-order chi connectivity index (χ1) is 9.83. The van der Waals surface area contributed by atoms with Crippen molar-refractivity contribution in [2.75, 3.05) is 13.7 Å². The topological polar surface area (TPSA) is 30.5 Å². The van der Waals surface area contributed by atoms with Gasteiger partial charge >= 0.3 is 0 Å². The molecular weight excluding hydrogens is 250 g/mol. The van der Waals surface area contributed by atoms with Gasteiger partial charge in [-0.3, -0.25) is 0 Å². The summed E-state index contributed by atoms with van der Waals surface area (Å²) in [5, 5.41) is 3.42. The zero-order valence-electron chi connectivity index (χ0n) is 12.7. The Kier molecular flexibility index (Phi) is 6.19. The number of likely N-dealkylation sites (N-methyl/N-ethyl adjacent to an activating group) is 1. The molecular formula is C17H27NO2. The Balaban J connectivity index is 1.97. The summed E-state index contributed by atoms with van der Waals surface area (Å²) in [5.74, 6) is 1.85. The van der Waals surface area contributed by atoms with Crippen LogP contribution < -0.4 is 14.8 Å². The summed E-state index contributed by atoms with van der Waals surface area (Å²) in [6.07, 6.45) is 7.87. The summed E-state index contributed by atoms with van der Waals surface area (Å²) < 4.78 is 11.7. The first kappa shape index (κ1) is 15.2. The maximum atomic E-state index is 6.21. The molecule has 1 N–H and O–H groups in total. The van der Waals surface area contributed by atoms with E-state index in [0.29, 0.717) is 12.6 Å². The lowest BCUT2D eigenvalue weighted by molar-refractivity contribution is 0.131. The lowest BCUT2D eigenvalue weighted by Gasteiger charge is -2.29. The summed E-state index contributed by atoms with van der Waals surface area (Å²) in [6, 6.07) is 8.45. The number of benzene rings is 1. The molecule has 1 aliphatic carbocycles. The maximum absolute atomic E-state index is 6.21. The lowest BCUT2D eigenvalue weighted by atomic mass is 9.94. The number of nitrogens with one attached hydrogen (secondary N) is 1. The highest BCUT2D eigenvalue weighted by atomic mass is 16.5. The Morgan fingerprint density at radius 1 is 1.00 bits per heavy atom. The van der Waals surface area contributed by atoms with Gasteiger partial charge in [0.15, 0.2) is 0 Å². The molecule has 1 saturated carbocycles. The molecule has 2 atom stereocenters. The van der Waals surface area contributed by atoms with Crippen molar-refractivity contribution in [3.8, 4) is 11.5 Å². The summed E-state index contributed by atoms with van der Waals surface area (Å²) >= 11 is 0. The second-order valence-corrected chi connectivity index (χ2v) is 5.45. The quantitative estimate of drug-likeness (QED) is 0.888. The molecule has 2 rings (SSSR count). The molecule has 1 aromatic rings. The van der Waals surface area contributed by atoms with Gasteiger partial charge in [0.05, 0.1) is 6.61 Å². The fourth-order valence-electron chi connectivity index (χ4n) is 2.88. The Morgan fingerprint density at radius 3 is 2.30 bits per heavy atom. The van der Waals surface area contributed by atoms with Crippen LogP contribution in [0.3, 0.4) is 0 Å². The number of hydrogen-bond acceptors (Lipinski definition) is 3. The normalized spacial score (nSPS) is 23.7. The van der Waals surface area contributed by atoms with Crippen molar-refractivity contribution < 1.29 is 9.47 Å². The largest absolute Gasteiger partial charge is 0.494 e. The zero-order valence-corrected chi connectivity index (χ0v) is 12.7. The number of hydrogen-bond donors (Lipinski definition) is 1. The summed E-state index contributed by atoms with van der Waals surface area (Å²) in [5.41, 5.74) is 0. The van der Waals surface area contributed by atoms with Crippen molar-refractivity contribution in [3.05, 3.63) is 24.3 Å². The van der Waals surface area contributed by atoms with Crippen LogP contribution in [0.2, 0.25) is 0 Å². The van der Waals surface area contributed by atoms with Gasteiger partial charge in [0.1, 0.15) is 17.6 Å². The molecule has 3 nitrogen and oxygen atoms in total. The molecule has 1 aliphatic rings. The monoisotopic (exact) mass is 277 g/mol. The minimum atomic E-state index is 0.276. The summed E-state index contributed by atoms with van der Waals surface area (Å²) in [7, 11) is 2.04. The molecule has 0 bridgehead atoms. The van der Waals surface area contributed by atoms with Crippen molar-refractivity contribution in [2.24, 2.45) is 0 Å². The molecule has 112 valence electrons. The molecule has 0 heterocycles. The predicted molar refractivity (Wildman–Crippen MR) is 82.6 cm³/mol. The molecule has 2 unspecified atom stereocenters. The van der Waals surface area contributed by atoms with Crippen LogP contribution >= 0.6 is 0 Å². The van der Waals surface area contributed by atoms with E-state index in [1.165, 1.54) is 32.1 Å². The minimum Gasteiger partial charge on any atom is -0.494 e. The predicted octanol–water partition coefficient (Wildman–Crippen LogP) is 3.77. The standard InChI is InChI=1S/C17H27NO2/c1-3-19-14-10-12-15(13-11-14)20-17-9-7-5-4-6-8-16(17)18-2/h10-13,16-18H,3-9H2,1-2H3. The van der Waals surface area contributed by atoms with E-state index in [1.54, 1.807) is 0 Å². The van der Waals surface area contributed by atoms with Crippen molar-refractivity contribution in [3.63, 3.8) is 0 Å². The van der Waals surface area contributed by atoms with Gasteiger partial charge in [-0.2, -0.15) is 0 Å². The van der Waals surface area contributed by atoms with Gasteiger partial charge in [-0.05, 0) is 57.5 Å². The van der Waals surface area contributed by atoms with Crippen LogP contribution in [-0.4, -0.2) is 25.8 Å². The average molecular weight is 277 g/mol. The summed E-state index contributed by atoms with van der Waals surface area (Å²) in [6.45, 7) is 2.70. The van der Waals surface area contributed by atoms with Crippen LogP contribution in [0.15, 0.2) is 24.3 Å². The Hall–Kier alpha value is -1.22. The van der Waals surface area contributed by atoms with Crippen molar-refractivity contribution >= 4 is 0 Å². The van der Waals surface area contributed by atoms with Crippen LogP contribution in [-0.2, 0) is 0 Å². The van der Waals surface area contributed by atoms with E-state index < -0.39 is 0 Å². The van der Waals surface area contributed by atoms with Gasteiger partial charge in [-0.25, -0.2) is 0 Å². The van der Waals surface area contributed by atoms with E-state index in [0.717, 1.165) is 17.9 Å². The number of rotatable bonds is 5. The van der Waals surface area contributed by atoms with Gasteiger partial charge in [0.2, 0.25) is 0 Å². The molecule has 0 aliphatic heterocycles. The molecule has 20 heavy (non-hydrogen) atoms. The highest BCUT2D eigenvalue weighted by Gasteiger charge is 2.22. The Morgan fingerprint density at radius 2 is 1.65 bits per heavy atom. The first-order valence-electron chi connectivity index (χ1n) is 7.90. The van der Waals surface area contributed by atoms with Gasteiger partial charge in [-0.1, -0.05) is 19.3 Å². The Bertz CT molecular complexity index is 377. The second-order valence-electron chi connectivity index (χ2n) is 5.45. The second kappa shape index (κ2) is 8.15. The highest BCUT2D eigenvalue weighted by molar-refractivity contribution is 5.31. The van der Waals surface area contributed by atoms with E-state index in [4.69, 9.17) is 9.47 Å². The van der Waals surface area contributed by atoms with Crippen molar-refractivity contribution in [1.82, 2.24) is 5.32 Å². The van der Waals surface area contributed by atoms with Gasteiger partial charge < -0.3 is 14.8 Å². The van der Waals surface area contributed by atoms with E-state index in [9.17, 15) is 0 Å². The van der Waals surface area contributed by atoms with Crippen LogP contribution in [0.25, 0.3) is 0 Å². The van der Waals surface area contributed by atoms with E-state index in [2.05, 4.69) is 5.32 Å². The third kappa shape index (κ3) is 4.41. The van der Waals surface area contributed by atoms with Gasteiger partial charge in [0.25, 0.3) is 0 Å². The van der Waals surface area contributed by atoms with Crippen LogP contribution in [0.5, 0.6) is 11.5 Å². The maximum Gasteiger partial charge on any atom is 0.120 e. The molecule has 1 aromatic carbocycles. The van der Waals surface area contributed by atoms with Crippen LogP contribution in [0.1, 0.15) is 45.4 Å². The molecule has 0 saturated heterocycles. The minimum absolute atomic E-state index is 0.276. The first-order valence-corrected chi connectivity index (χ1v) is 7.90. The fourth-order valence-corrected chi connectivity index (χ4v) is 2.88. The number of ether oxygens (including phenoxy) is 2. The van der Waals surface area contributed by atoms with E-state index >= 15 is 0 Å². The van der Waals surface area contributed by atoms with E-state index in [1.807, 2.05) is 38.2 Å². The zero-order chi connectivity index (χ0) is 14.2. The van der Waals surface area contributed by atoms with Gasteiger partial charge in [0, 0.05) is 6.04 Å². The fraction of sp³-hybridized carbons (Fsp3) is 0.647. The molecule has 0 aromatic heterocycles. The van der Waals surface area contributed by atoms with Crippen molar-refractivity contribution in [2.45, 2.75) is 57.6 Å². The van der Waals surface area contributed by atoms with Gasteiger partial charge in [-0.15, -0.1) is 0 Å². The van der Waals surface area contributed by atoms with Crippen LogP contribution in [0, 0.1) is 0 Å². The van der Waals surface area contributed by atoms with E-state index in [-0.39, 0.29) is 6.10 Å². The third-order valence-corrected chi connectivity index (χ3v) is 4.00. The summed E-state index contributed by atoms with van der Waals surface area (Å²) in [4.78, 5) is 0. The van der Waals surface area contributed by atoms with Crippen LogP contribution in [0.4, 0.5) is 0 Å². The molecule has 3 heteroatoms. The third-order valence-electron chi connectivity index (χ3n) is 4.00. The van der Waals surface area contributed by atoms with Crippen molar-refractivity contribution in [1.29, 1.82) is 0 Å². The average Bonchev–Trinajstić information content (AvgIpc) is 2.44. The molecule has 1 fully saturated rings. The lowest BCUT2D eigenvalue weighted by Crippen LogP contribution is -2.41. The SMILES string of the molecule is CCOc1ccc(OC2CCCCCCC2NC)cc1. The smallest absolute Gasteiger partial charge is 0.120 e. The highest BCUT2D eigenvalue weighted by Crippen LogP contribution is 2.24.